The number of ether oxygens (including phenoxy) is 2. The summed E-state index contributed by atoms with van der Waals surface area (Å²) < 4.78 is 12.1. The third-order valence-electron chi connectivity index (χ3n) is 2.78. The van der Waals surface area contributed by atoms with Crippen molar-refractivity contribution in [1.29, 1.82) is 0 Å². The van der Waals surface area contributed by atoms with Crippen LogP contribution < -0.4 is 15.2 Å². The van der Waals surface area contributed by atoms with Crippen molar-refractivity contribution in [2.24, 2.45) is 5.73 Å². The predicted octanol–water partition coefficient (Wildman–Crippen LogP) is 3.50. The largest absolute Gasteiger partial charge is 0.497 e. The summed E-state index contributed by atoms with van der Waals surface area (Å²) in [6.45, 7) is 0.942. The molecular weight excluding hydrogens is 306 g/mol. The zero-order valence-corrected chi connectivity index (χ0v) is 12.3. The molecule has 2 rings (SSSR count). The van der Waals surface area contributed by atoms with Crippen LogP contribution in [0.25, 0.3) is 0 Å². The predicted molar refractivity (Wildman–Crippen MR) is 79.4 cm³/mol. The third-order valence-corrected chi connectivity index (χ3v) is 3.27. The first kappa shape index (κ1) is 13.9. The second kappa shape index (κ2) is 6.59. The van der Waals surface area contributed by atoms with Gasteiger partial charge in [-0.3, -0.25) is 0 Å². The number of nitrogens with two attached hydrogens (primary N) is 1. The molecule has 0 saturated carbocycles. The first-order valence-electron chi connectivity index (χ1n) is 5.97. The van der Waals surface area contributed by atoms with Crippen LogP contribution >= 0.6 is 15.9 Å². The maximum absolute atomic E-state index is 5.83. The Bertz CT molecular complexity index is 558. The van der Waals surface area contributed by atoms with E-state index in [9.17, 15) is 0 Å². The van der Waals surface area contributed by atoms with Crippen molar-refractivity contribution in [2.75, 3.05) is 7.11 Å². The first-order valence-corrected chi connectivity index (χ1v) is 6.76. The molecule has 0 spiro atoms. The normalized spacial score (nSPS) is 10.3. The summed E-state index contributed by atoms with van der Waals surface area (Å²) in [4.78, 5) is 0. The zero-order valence-electron chi connectivity index (χ0n) is 10.7. The van der Waals surface area contributed by atoms with Gasteiger partial charge in [-0.15, -0.1) is 0 Å². The monoisotopic (exact) mass is 321 g/mol. The van der Waals surface area contributed by atoms with Gasteiger partial charge in [-0.25, -0.2) is 0 Å². The fourth-order valence-electron chi connectivity index (χ4n) is 1.75. The van der Waals surface area contributed by atoms with Crippen LogP contribution in [0.4, 0.5) is 0 Å². The molecule has 0 heterocycles. The van der Waals surface area contributed by atoms with E-state index in [4.69, 9.17) is 15.2 Å². The minimum Gasteiger partial charge on any atom is -0.497 e. The Labute approximate surface area is 121 Å². The molecule has 0 aliphatic carbocycles. The van der Waals surface area contributed by atoms with E-state index < -0.39 is 0 Å². The van der Waals surface area contributed by atoms with Gasteiger partial charge in [0.1, 0.15) is 18.1 Å². The van der Waals surface area contributed by atoms with Crippen LogP contribution in [-0.4, -0.2) is 7.11 Å². The molecule has 0 aliphatic heterocycles. The Morgan fingerprint density at radius 2 is 2.00 bits per heavy atom. The molecular formula is C15H16BrNO2. The van der Waals surface area contributed by atoms with Crippen molar-refractivity contribution in [3.8, 4) is 11.5 Å². The van der Waals surface area contributed by atoms with Crippen LogP contribution in [-0.2, 0) is 13.2 Å². The van der Waals surface area contributed by atoms with Crippen molar-refractivity contribution in [3.05, 3.63) is 58.1 Å². The molecule has 0 radical (unpaired) electrons. The highest BCUT2D eigenvalue weighted by Crippen LogP contribution is 2.25. The van der Waals surface area contributed by atoms with Crippen LogP contribution in [0.2, 0.25) is 0 Å². The van der Waals surface area contributed by atoms with E-state index in [1.54, 1.807) is 7.11 Å². The van der Waals surface area contributed by atoms with Gasteiger partial charge in [0.2, 0.25) is 0 Å². The highest BCUT2D eigenvalue weighted by atomic mass is 79.9. The lowest BCUT2D eigenvalue weighted by Crippen LogP contribution is -2.03. The van der Waals surface area contributed by atoms with E-state index >= 15 is 0 Å². The van der Waals surface area contributed by atoms with E-state index in [1.165, 1.54) is 0 Å². The average molecular weight is 322 g/mol. The van der Waals surface area contributed by atoms with Crippen LogP contribution in [0.1, 0.15) is 11.1 Å². The minimum absolute atomic E-state index is 0.442. The Kier molecular flexibility index (Phi) is 4.82. The van der Waals surface area contributed by atoms with Gasteiger partial charge < -0.3 is 15.2 Å². The molecule has 0 aromatic heterocycles. The van der Waals surface area contributed by atoms with Crippen molar-refractivity contribution in [3.63, 3.8) is 0 Å². The molecule has 0 fully saturated rings. The van der Waals surface area contributed by atoms with E-state index in [0.29, 0.717) is 13.2 Å². The van der Waals surface area contributed by atoms with Crippen LogP contribution in [0.3, 0.4) is 0 Å². The fourth-order valence-corrected chi connectivity index (χ4v) is 2.20. The molecule has 0 aliphatic rings. The average Bonchev–Trinajstić information content (AvgIpc) is 2.45. The molecule has 0 bridgehead atoms. The number of hydrogen-bond acceptors (Lipinski definition) is 3. The standard InChI is InChI=1S/C15H16BrNO2/c1-18-14-6-5-12(9-17)15(8-14)19-10-11-3-2-4-13(16)7-11/h2-8H,9-10,17H2,1H3. The first-order chi connectivity index (χ1) is 9.22. The summed E-state index contributed by atoms with van der Waals surface area (Å²) in [7, 11) is 1.63. The van der Waals surface area contributed by atoms with E-state index in [-0.39, 0.29) is 0 Å². The molecule has 0 unspecified atom stereocenters. The summed E-state index contributed by atoms with van der Waals surface area (Å²) in [6.07, 6.45) is 0. The molecule has 2 aromatic rings. The summed E-state index contributed by atoms with van der Waals surface area (Å²) >= 11 is 3.44. The maximum atomic E-state index is 5.83. The van der Waals surface area contributed by atoms with Gasteiger partial charge in [0, 0.05) is 22.6 Å². The molecule has 0 atom stereocenters. The Hall–Kier alpha value is -1.52. The smallest absolute Gasteiger partial charge is 0.127 e. The molecule has 100 valence electrons. The molecule has 4 heteroatoms. The Balaban J connectivity index is 2.14. The van der Waals surface area contributed by atoms with Crippen LogP contribution in [0.15, 0.2) is 46.9 Å². The van der Waals surface area contributed by atoms with Gasteiger partial charge in [0.05, 0.1) is 7.11 Å². The van der Waals surface area contributed by atoms with Crippen molar-refractivity contribution in [2.45, 2.75) is 13.2 Å². The Morgan fingerprint density at radius 3 is 2.68 bits per heavy atom. The lowest BCUT2D eigenvalue weighted by atomic mass is 10.2. The quantitative estimate of drug-likeness (QED) is 0.916. The van der Waals surface area contributed by atoms with Crippen molar-refractivity contribution >= 4 is 15.9 Å². The number of benzene rings is 2. The highest BCUT2D eigenvalue weighted by molar-refractivity contribution is 9.10. The van der Waals surface area contributed by atoms with Gasteiger partial charge in [-0.2, -0.15) is 0 Å². The van der Waals surface area contributed by atoms with Gasteiger partial charge >= 0.3 is 0 Å². The van der Waals surface area contributed by atoms with E-state index in [2.05, 4.69) is 15.9 Å². The maximum Gasteiger partial charge on any atom is 0.127 e. The second-order valence-electron chi connectivity index (χ2n) is 4.10. The summed E-state index contributed by atoms with van der Waals surface area (Å²) in [5.74, 6) is 1.53. The number of methoxy groups -OCH3 is 1. The van der Waals surface area contributed by atoms with Gasteiger partial charge in [-0.1, -0.05) is 34.1 Å². The number of hydrogen-bond donors (Lipinski definition) is 1. The topological polar surface area (TPSA) is 44.5 Å². The van der Waals surface area contributed by atoms with Crippen LogP contribution in [0.5, 0.6) is 11.5 Å². The molecule has 2 aromatic carbocycles. The molecule has 0 amide bonds. The molecule has 0 saturated heterocycles. The van der Waals surface area contributed by atoms with Gasteiger partial charge in [0.25, 0.3) is 0 Å². The van der Waals surface area contributed by atoms with Gasteiger partial charge in [0.15, 0.2) is 0 Å². The van der Waals surface area contributed by atoms with E-state index in [0.717, 1.165) is 27.1 Å². The lowest BCUT2D eigenvalue weighted by molar-refractivity contribution is 0.300. The van der Waals surface area contributed by atoms with E-state index in [1.807, 2.05) is 42.5 Å². The lowest BCUT2D eigenvalue weighted by Gasteiger charge is -2.12. The molecule has 19 heavy (non-hydrogen) atoms. The number of halogens is 1. The molecule has 2 N–H and O–H groups in total. The minimum atomic E-state index is 0.442. The zero-order chi connectivity index (χ0) is 13.7. The highest BCUT2D eigenvalue weighted by Gasteiger charge is 2.05. The summed E-state index contributed by atoms with van der Waals surface area (Å²) in [5.41, 5.74) is 7.77. The number of rotatable bonds is 5. The van der Waals surface area contributed by atoms with Crippen LogP contribution in [0, 0.1) is 0 Å². The van der Waals surface area contributed by atoms with Crippen molar-refractivity contribution in [1.82, 2.24) is 0 Å². The third kappa shape index (κ3) is 3.72. The summed E-state index contributed by atoms with van der Waals surface area (Å²) in [5, 5.41) is 0. The second-order valence-corrected chi connectivity index (χ2v) is 5.01. The molecule has 3 nitrogen and oxygen atoms in total. The van der Waals surface area contributed by atoms with Crippen molar-refractivity contribution < 1.29 is 9.47 Å². The van der Waals surface area contributed by atoms with Gasteiger partial charge in [-0.05, 0) is 23.8 Å². The SMILES string of the molecule is COc1ccc(CN)c(OCc2cccc(Br)c2)c1. The summed E-state index contributed by atoms with van der Waals surface area (Å²) in [6, 6.07) is 13.7. The Morgan fingerprint density at radius 1 is 1.16 bits per heavy atom. The fraction of sp³-hybridized carbons (Fsp3) is 0.200.